The Morgan fingerprint density at radius 2 is 2.36 bits per heavy atom. The van der Waals surface area contributed by atoms with E-state index in [1.807, 2.05) is 6.26 Å². The first-order valence-corrected chi connectivity index (χ1v) is 4.36. The third-order valence-electron chi connectivity index (χ3n) is 1.86. The zero-order chi connectivity index (χ0) is 8.27. The van der Waals surface area contributed by atoms with Gasteiger partial charge in [0.2, 0.25) is 0 Å². The average molecular weight is 155 g/mol. The Morgan fingerprint density at radius 1 is 1.64 bits per heavy atom. The molecule has 1 N–H and O–H groups in total. The maximum atomic E-state index is 5.39. The molecule has 11 heavy (non-hydrogen) atoms. The topological polar surface area (TPSA) is 21.3 Å². The molecule has 2 nitrogen and oxygen atoms in total. The van der Waals surface area contributed by atoms with Gasteiger partial charge in [-0.15, -0.1) is 0 Å². The fourth-order valence-electron chi connectivity index (χ4n) is 1.11. The number of allylic oxidation sites excluding steroid dienone is 1. The van der Waals surface area contributed by atoms with E-state index in [4.69, 9.17) is 4.74 Å². The minimum atomic E-state index is 0.234. The fourth-order valence-corrected chi connectivity index (χ4v) is 1.11. The zero-order valence-corrected chi connectivity index (χ0v) is 7.55. The lowest BCUT2D eigenvalue weighted by atomic mass is 10.1. The maximum Gasteiger partial charge on any atom is 0.168 e. The van der Waals surface area contributed by atoms with Gasteiger partial charge >= 0.3 is 0 Å². The molecule has 1 aliphatic rings. The molecule has 0 bridgehead atoms. The van der Waals surface area contributed by atoms with Crippen LogP contribution in [0.15, 0.2) is 12.0 Å². The monoisotopic (exact) mass is 155 g/mol. The molecule has 0 spiro atoms. The van der Waals surface area contributed by atoms with Crippen LogP contribution in [0.3, 0.4) is 0 Å². The molecular weight excluding hydrogens is 138 g/mol. The third-order valence-corrected chi connectivity index (χ3v) is 1.86. The highest BCUT2D eigenvalue weighted by atomic mass is 16.5. The molecule has 0 aromatic carbocycles. The van der Waals surface area contributed by atoms with Gasteiger partial charge in [0.1, 0.15) is 6.26 Å². The Kier molecular flexibility index (Phi) is 2.80. The van der Waals surface area contributed by atoms with E-state index in [0.717, 1.165) is 12.8 Å². The molecule has 1 aliphatic heterocycles. The van der Waals surface area contributed by atoms with Gasteiger partial charge in [-0.25, -0.2) is 0 Å². The molecule has 1 rings (SSSR count). The van der Waals surface area contributed by atoms with Gasteiger partial charge in [0.05, 0.1) is 5.70 Å². The lowest BCUT2D eigenvalue weighted by Gasteiger charge is -2.12. The molecule has 0 aliphatic carbocycles. The molecule has 64 valence electrons. The summed E-state index contributed by atoms with van der Waals surface area (Å²) in [6, 6.07) is 0. The maximum absolute atomic E-state index is 5.39. The van der Waals surface area contributed by atoms with Crippen molar-refractivity contribution < 1.29 is 4.74 Å². The molecule has 0 radical (unpaired) electrons. The standard InChI is InChI=1S/C9H17NO/c1-4-5-9-10-8(6-11-9)7(2)3/h6-7,9-10H,4-5H2,1-3H3. The van der Waals surface area contributed by atoms with Crippen LogP contribution in [-0.4, -0.2) is 6.23 Å². The van der Waals surface area contributed by atoms with Crippen LogP contribution in [0, 0.1) is 5.92 Å². The van der Waals surface area contributed by atoms with Crippen molar-refractivity contribution in [3.8, 4) is 0 Å². The van der Waals surface area contributed by atoms with E-state index < -0.39 is 0 Å². The SMILES string of the molecule is CCCC1NC(C(C)C)=CO1. The minimum absolute atomic E-state index is 0.234. The van der Waals surface area contributed by atoms with Gasteiger partial charge in [-0.1, -0.05) is 27.2 Å². The largest absolute Gasteiger partial charge is 0.477 e. The summed E-state index contributed by atoms with van der Waals surface area (Å²) in [5, 5.41) is 3.33. The van der Waals surface area contributed by atoms with E-state index in [1.165, 1.54) is 5.70 Å². The Hall–Kier alpha value is -0.660. The highest BCUT2D eigenvalue weighted by Crippen LogP contribution is 2.16. The summed E-state index contributed by atoms with van der Waals surface area (Å²) >= 11 is 0. The molecular formula is C9H17NO. The van der Waals surface area contributed by atoms with E-state index >= 15 is 0 Å². The van der Waals surface area contributed by atoms with Crippen molar-refractivity contribution in [1.29, 1.82) is 0 Å². The van der Waals surface area contributed by atoms with E-state index in [-0.39, 0.29) is 6.23 Å². The molecule has 0 aromatic heterocycles. The molecule has 0 saturated heterocycles. The fraction of sp³-hybridized carbons (Fsp3) is 0.778. The quantitative estimate of drug-likeness (QED) is 0.674. The van der Waals surface area contributed by atoms with Crippen molar-refractivity contribution in [3.63, 3.8) is 0 Å². The molecule has 1 unspecified atom stereocenters. The van der Waals surface area contributed by atoms with Crippen molar-refractivity contribution in [1.82, 2.24) is 5.32 Å². The first-order chi connectivity index (χ1) is 5.24. The molecule has 0 fully saturated rings. The highest BCUT2D eigenvalue weighted by Gasteiger charge is 2.17. The lowest BCUT2D eigenvalue weighted by molar-refractivity contribution is 0.141. The van der Waals surface area contributed by atoms with Gasteiger partial charge in [0, 0.05) is 6.42 Å². The Labute approximate surface area is 68.6 Å². The number of nitrogens with one attached hydrogen (secondary N) is 1. The van der Waals surface area contributed by atoms with Crippen LogP contribution in [0.4, 0.5) is 0 Å². The average Bonchev–Trinajstić information content (AvgIpc) is 2.37. The van der Waals surface area contributed by atoms with Gasteiger partial charge in [-0.2, -0.15) is 0 Å². The number of rotatable bonds is 3. The lowest BCUT2D eigenvalue weighted by Crippen LogP contribution is -2.25. The Bertz CT molecular complexity index is 152. The van der Waals surface area contributed by atoms with E-state index in [2.05, 4.69) is 26.1 Å². The zero-order valence-electron chi connectivity index (χ0n) is 7.55. The molecule has 0 amide bonds. The molecule has 0 aromatic rings. The Morgan fingerprint density at radius 3 is 2.82 bits per heavy atom. The summed E-state index contributed by atoms with van der Waals surface area (Å²) in [5.41, 5.74) is 1.23. The van der Waals surface area contributed by atoms with Crippen LogP contribution < -0.4 is 5.32 Å². The number of ether oxygens (including phenoxy) is 1. The number of hydrogen-bond donors (Lipinski definition) is 1. The summed E-state index contributed by atoms with van der Waals surface area (Å²) in [7, 11) is 0. The second-order valence-electron chi connectivity index (χ2n) is 3.29. The summed E-state index contributed by atoms with van der Waals surface area (Å²) < 4.78 is 5.39. The minimum Gasteiger partial charge on any atom is -0.477 e. The first-order valence-electron chi connectivity index (χ1n) is 4.36. The third kappa shape index (κ3) is 2.14. The summed E-state index contributed by atoms with van der Waals surface area (Å²) in [6.45, 7) is 6.49. The number of hydrogen-bond acceptors (Lipinski definition) is 2. The van der Waals surface area contributed by atoms with Crippen molar-refractivity contribution in [3.05, 3.63) is 12.0 Å². The molecule has 2 heteroatoms. The van der Waals surface area contributed by atoms with Gasteiger partial charge in [0.25, 0.3) is 0 Å². The Balaban J connectivity index is 2.31. The van der Waals surface area contributed by atoms with Crippen LogP contribution in [0.2, 0.25) is 0 Å². The van der Waals surface area contributed by atoms with E-state index in [1.54, 1.807) is 0 Å². The molecule has 1 atom stereocenters. The first kappa shape index (κ1) is 8.44. The predicted octanol–water partition coefficient (Wildman–Crippen LogP) is 2.23. The predicted molar refractivity (Wildman–Crippen MR) is 45.8 cm³/mol. The summed E-state index contributed by atoms with van der Waals surface area (Å²) in [6.07, 6.45) is 4.34. The van der Waals surface area contributed by atoms with Crippen molar-refractivity contribution in [2.45, 2.75) is 39.8 Å². The van der Waals surface area contributed by atoms with Crippen LogP contribution in [0.5, 0.6) is 0 Å². The summed E-state index contributed by atoms with van der Waals surface area (Å²) in [4.78, 5) is 0. The van der Waals surface area contributed by atoms with E-state index in [9.17, 15) is 0 Å². The van der Waals surface area contributed by atoms with Gasteiger partial charge < -0.3 is 10.1 Å². The van der Waals surface area contributed by atoms with Gasteiger partial charge in [0.15, 0.2) is 6.23 Å². The van der Waals surface area contributed by atoms with Crippen LogP contribution in [0.1, 0.15) is 33.6 Å². The normalized spacial score (nSPS) is 22.9. The van der Waals surface area contributed by atoms with Crippen LogP contribution in [-0.2, 0) is 4.74 Å². The van der Waals surface area contributed by atoms with Crippen LogP contribution in [0.25, 0.3) is 0 Å². The second kappa shape index (κ2) is 3.65. The smallest absolute Gasteiger partial charge is 0.168 e. The summed E-state index contributed by atoms with van der Waals surface area (Å²) in [5.74, 6) is 0.553. The van der Waals surface area contributed by atoms with Crippen molar-refractivity contribution >= 4 is 0 Å². The highest BCUT2D eigenvalue weighted by molar-refractivity contribution is 5.03. The molecule has 1 heterocycles. The van der Waals surface area contributed by atoms with E-state index in [0.29, 0.717) is 5.92 Å². The second-order valence-corrected chi connectivity index (χ2v) is 3.29. The van der Waals surface area contributed by atoms with Crippen molar-refractivity contribution in [2.24, 2.45) is 5.92 Å². The van der Waals surface area contributed by atoms with Crippen LogP contribution >= 0.6 is 0 Å². The van der Waals surface area contributed by atoms with Gasteiger partial charge in [-0.3, -0.25) is 0 Å². The molecule has 0 saturated carbocycles. The van der Waals surface area contributed by atoms with Gasteiger partial charge in [-0.05, 0) is 5.92 Å². The van der Waals surface area contributed by atoms with Crippen molar-refractivity contribution in [2.75, 3.05) is 0 Å².